The first-order valence-corrected chi connectivity index (χ1v) is 8.87. The van der Waals surface area contributed by atoms with Crippen LogP contribution in [0.5, 0.6) is 0 Å². The third-order valence-electron chi connectivity index (χ3n) is 5.10. The van der Waals surface area contributed by atoms with Crippen LogP contribution in [0, 0.1) is 5.41 Å². The van der Waals surface area contributed by atoms with Crippen molar-refractivity contribution in [2.24, 2.45) is 0 Å². The highest BCUT2D eigenvalue weighted by molar-refractivity contribution is 6.03. The number of hydrogen-bond donors (Lipinski definition) is 2. The maximum absolute atomic E-state index is 12.5. The van der Waals surface area contributed by atoms with Gasteiger partial charge in [-0.25, -0.2) is 4.79 Å². The molecule has 0 spiro atoms. The smallest absolute Gasteiger partial charge is 0.347 e. The molecule has 3 aromatic heterocycles. The van der Waals surface area contributed by atoms with Crippen LogP contribution in [0.2, 0.25) is 0 Å². The maximum Gasteiger partial charge on any atom is 0.347 e. The fourth-order valence-electron chi connectivity index (χ4n) is 3.72. The lowest BCUT2D eigenvalue weighted by Crippen LogP contribution is -2.25. The van der Waals surface area contributed by atoms with Gasteiger partial charge in [0.1, 0.15) is 16.5 Å². The fourth-order valence-corrected chi connectivity index (χ4v) is 3.72. The molecule has 3 heterocycles. The Morgan fingerprint density at radius 1 is 0.963 bits per heavy atom. The van der Waals surface area contributed by atoms with Crippen molar-refractivity contribution < 1.29 is 4.42 Å². The minimum atomic E-state index is -0.463. The predicted octanol–water partition coefficient (Wildman–Crippen LogP) is 3.95. The minimum absolute atomic E-state index is 0.187. The van der Waals surface area contributed by atoms with Crippen molar-refractivity contribution in [2.45, 2.75) is 13.0 Å². The highest BCUT2D eigenvalue weighted by Crippen LogP contribution is 2.21. The van der Waals surface area contributed by atoms with Gasteiger partial charge < -0.3 is 14.0 Å². The number of H-pyrrole nitrogens is 1. The van der Waals surface area contributed by atoms with Crippen molar-refractivity contribution in [1.29, 1.82) is 5.41 Å². The van der Waals surface area contributed by atoms with Gasteiger partial charge in [-0.15, -0.1) is 0 Å². The highest BCUT2D eigenvalue weighted by atomic mass is 16.4. The summed E-state index contributed by atoms with van der Waals surface area (Å²) in [5, 5.41) is 11.7. The molecule has 5 rings (SSSR count). The molecule has 0 aliphatic rings. The summed E-state index contributed by atoms with van der Waals surface area (Å²) in [5.74, 6) is 0. The highest BCUT2D eigenvalue weighted by Gasteiger charge is 2.11. The number of fused-ring (bicyclic) bond motifs is 4. The van der Waals surface area contributed by atoms with Gasteiger partial charge in [0, 0.05) is 40.6 Å². The lowest BCUT2D eigenvalue weighted by atomic mass is 10.1. The zero-order chi connectivity index (χ0) is 18.4. The summed E-state index contributed by atoms with van der Waals surface area (Å²) in [6.07, 6.45) is 4.66. The van der Waals surface area contributed by atoms with Gasteiger partial charge >= 0.3 is 5.63 Å². The van der Waals surface area contributed by atoms with Crippen LogP contribution in [-0.4, -0.2) is 9.55 Å². The number of aromatic nitrogens is 2. The Kier molecular flexibility index (Phi) is 3.47. The van der Waals surface area contributed by atoms with Crippen molar-refractivity contribution in [1.82, 2.24) is 9.55 Å². The Hall–Kier alpha value is -3.60. The van der Waals surface area contributed by atoms with E-state index in [1.165, 1.54) is 10.9 Å². The number of aromatic amines is 1. The summed E-state index contributed by atoms with van der Waals surface area (Å²) >= 11 is 0. The van der Waals surface area contributed by atoms with E-state index in [4.69, 9.17) is 9.83 Å². The standard InChI is InChI=1S/C22H17N3O2/c23-21-20-17(16-6-2-4-8-19(16)27-22(20)26)10-12-25(21)11-9-14-13-24-18-7-3-1-5-15(14)18/h1-8,10,12-13,23-24H,9,11H2. The monoisotopic (exact) mass is 355 g/mol. The number of hydrogen-bond acceptors (Lipinski definition) is 3. The summed E-state index contributed by atoms with van der Waals surface area (Å²) in [5.41, 5.74) is 2.57. The molecule has 0 radical (unpaired) electrons. The molecule has 0 atom stereocenters. The number of para-hydroxylation sites is 2. The second-order valence-corrected chi connectivity index (χ2v) is 6.64. The molecule has 5 aromatic rings. The quantitative estimate of drug-likeness (QED) is 0.380. The minimum Gasteiger partial charge on any atom is -0.422 e. The van der Waals surface area contributed by atoms with Crippen LogP contribution in [0.25, 0.3) is 32.6 Å². The average Bonchev–Trinajstić information content (AvgIpc) is 3.10. The first-order chi connectivity index (χ1) is 13.2. The van der Waals surface area contributed by atoms with Gasteiger partial charge in [-0.05, 0) is 30.2 Å². The zero-order valence-electron chi connectivity index (χ0n) is 14.5. The van der Waals surface area contributed by atoms with Gasteiger partial charge in [-0.3, -0.25) is 5.41 Å². The third kappa shape index (κ3) is 2.47. The number of aryl methyl sites for hydroxylation is 2. The fraction of sp³-hybridized carbons (Fsp3) is 0.0909. The number of nitrogens with zero attached hydrogens (tertiary/aromatic N) is 1. The van der Waals surface area contributed by atoms with Gasteiger partial charge in [-0.2, -0.15) is 0 Å². The van der Waals surface area contributed by atoms with E-state index in [1.54, 1.807) is 10.6 Å². The average molecular weight is 355 g/mol. The van der Waals surface area contributed by atoms with E-state index in [1.807, 2.05) is 54.9 Å². The molecule has 0 aliphatic carbocycles. The molecule has 2 aromatic carbocycles. The molecule has 0 aliphatic heterocycles. The molecule has 5 nitrogen and oxygen atoms in total. The lowest BCUT2D eigenvalue weighted by molar-refractivity contribution is 0.565. The zero-order valence-corrected chi connectivity index (χ0v) is 14.5. The summed E-state index contributed by atoms with van der Waals surface area (Å²) in [6, 6.07) is 17.5. The van der Waals surface area contributed by atoms with Crippen LogP contribution in [-0.2, 0) is 13.0 Å². The van der Waals surface area contributed by atoms with Gasteiger partial charge in [0.15, 0.2) is 0 Å². The van der Waals surface area contributed by atoms with Crippen LogP contribution in [0.1, 0.15) is 5.56 Å². The Labute approximate surface area is 154 Å². The number of pyridine rings is 1. The molecule has 2 N–H and O–H groups in total. The summed E-state index contributed by atoms with van der Waals surface area (Å²) < 4.78 is 7.23. The van der Waals surface area contributed by atoms with Gasteiger partial charge in [0.25, 0.3) is 0 Å². The van der Waals surface area contributed by atoms with Crippen molar-refractivity contribution >= 4 is 32.6 Å². The number of benzene rings is 2. The van der Waals surface area contributed by atoms with E-state index >= 15 is 0 Å². The first-order valence-electron chi connectivity index (χ1n) is 8.87. The second kappa shape index (κ2) is 5.99. The van der Waals surface area contributed by atoms with E-state index in [-0.39, 0.29) is 5.49 Å². The van der Waals surface area contributed by atoms with E-state index in [0.29, 0.717) is 17.5 Å². The SMILES string of the molecule is N=c1c2c(=O)oc3ccccc3c2ccn1CCc1c[nH]c2ccccc12. The Morgan fingerprint density at radius 2 is 1.74 bits per heavy atom. The van der Waals surface area contributed by atoms with Gasteiger partial charge in [0.2, 0.25) is 0 Å². The van der Waals surface area contributed by atoms with Crippen molar-refractivity contribution in [2.75, 3.05) is 0 Å². The maximum atomic E-state index is 12.5. The molecule has 0 unspecified atom stereocenters. The Balaban J connectivity index is 1.59. The van der Waals surface area contributed by atoms with Crippen molar-refractivity contribution in [3.8, 4) is 0 Å². The topological polar surface area (TPSA) is 74.8 Å². The molecular weight excluding hydrogens is 338 g/mol. The summed E-state index contributed by atoms with van der Waals surface area (Å²) in [7, 11) is 0. The molecule has 132 valence electrons. The Morgan fingerprint density at radius 3 is 2.63 bits per heavy atom. The van der Waals surface area contributed by atoms with Crippen molar-refractivity contribution in [3.63, 3.8) is 0 Å². The first kappa shape index (κ1) is 15.6. The molecule has 0 saturated carbocycles. The molecule has 5 heteroatoms. The lowest BCUT2D eigenvalue weighted by Gasteiger charge is -2.09. The predicted molar refractivity (Wildman–Crippen MR) is 106 cm³/mol. The van der Waals surface area contributed by atoms with Crippen LogP contribution in [0.15, 0.2) is 76.2 Å². The second-order valence-electron chi connectivity index (χ2n) is 6.64. The number of nitrogens with one attached hydrogen (secondary N) is 2. The molecule has 0 amide bonds. The summed E-state index contributed by atoms with van der Waals surface area (Å²) in [6.45, 7) is 0.614. The van der Waals surface area contributed by atoms with Gasteiger partial charge in [-0.1, -0.05) is 36.4 Å². The molecule has 0 saturated heterocycles. The van der Waals surface area contributed by atoms with Crippen molar-refractivity contribution in [3.05, 3.63) is 88.5 Å². The largest absolute Gasteiger partial charge is 0.422 e. The molecule has 0 fully saturated rings. The molecular formula is C22H17N3O2. The molecule has 27 heavy (non-hydrogen) atoms. The molecule has 0 bridgehead atoms. The van der Waals surface area contributed by atoms with E-state index in [9.17, 15) is 4.79 Å². The van der Waals surface area contributed by atoms with Crippen LogP contribution in [0.4, 0.5) is 0 Å². The third-order valence-corrected chi connectivity index (χ3v) is 5.10. The van der Waals surface area contributed by atoms with E-state index < -0.39 is 5.63 Å². The van der Waals surface area contributed by atoms with Crippen LogP contribution in [0.3, 0.4) is 0 Å². The number of rotatable bonds is 3. The summed E-state index contributed by atoms with van der Waals surface area (Å²) in [4.78, 5) is 15.7. The van der Waals surface area contributed by atoms with E-state index in [2.05, 4.69) is 11.1 Å². The normalized spacial score (nSPS) is 11.6. The van der Waals surface area contributed by atoms with Crippen LogP contribution >= 0.6 is 0 Å². The van der Waals surface area contributed by atoms with Crippen LogP contribution < -0.4 is 11.1 Å². The Bertz CT molecular complexity index is 1420. The van der Waals surface area contributed by atoms with E-state index in [0.717, 1.165) is 22.7 Å². The van der Waals surface area contributed by atoms with Gasteiger partial charge in [0.05, 0.1) is 0 Å².